The Morgan fingerprint density at radius 2 is 1.77 bits per heavy atom. The molecular formula is C27H30F3N3O5S. The molecule has 3 aromatic rings. The summed E-state index contributed by atoms with van der Waals surface area (Å²) in [5, 5.41) is 50.8. The molecule has 0 bridgehead atoms. The highest BCUT2D eigenvalue weighted by atomic mass is 32.2. The second kappa shape index (κ2) is 10.8. The van der Waals surface area contributed by atoms with Gasteiger partial charge in [-0.2, -0.15) is 0 Å². The number of halogens is 3. The van der Waals surface area contributed by atoms with Crippen molar-refractivity contribution in [2.75, 3.05) is 6.61 Å². The molecule has 5 rings (SSSR count). The molecule has 8 nitrogen and oxygen atoms in total. The number of aliphatic hydroxyl groups excluding tert-OH is 3. The predicted octanol–water partition coefficient (Wildman–Crippen LogP) is 3.47. The zero-order valence-corrected chi connectivity index (χ0v) is 22.1. The van der Waals surface area contributed by atoms with E-state index in [4.69, 9.17) is 4.74 Å². The van der Waals surface area contributed by atoms with Gasteiger partial charge < -0.3 is 25.2 Å². The van der Waals surface area contributed by atoms with Crippen molar-refractivity contribution >= 4 is 11.8 Å². The minimum absolute atomic E-state index is 0.0174. The fourth-order valence-corrected chi connectivity index (χ4v) is 6.51. The number of thioether (sulfide) groups is 1. The number of hydrogen-bond acceptors (Lipinski definition) is 8. The summed E-state index contributed by atoms with van der Waals surface area (Å²) in [7, 11) is 0. The van der Waals surface area contributed by atoms with Crippen LogP contribution < -0.4 is 0 Å². The highest BCUT2D eigenvalue weighted by Gasteiger charge is 2.48. The molecule has 39 heavy (non-hydrogen) atoms. The van der Waals surface area contributed by atoms with E-state index in [1.807, 2.05) is 24.3 Å². The molecule has 210 valence electrons. The average Bonchev–Trinajstić information content (AvgIpc) is 3.63. The Labute approximate surface area is 227 Å². The van der Waals surface area contributed by atoms with Crippen molar-refractivity contribution in [2.45, 2.75) is 73.2 Å². The van der Waals surface area contributed by atoms with Crippen LogP contribution in [0.15, 0.2) is 42.6 Å². The second-order valence-corrected chi connectivity index (χ2v) is 11.8. The van der Waals surface area contributed by atoms with Crippen molar-refractivity contribution in [3.05, 3.63) is 71.2 Å². The standard InChI is InChI=1S/C27H30F3N3O5S/c1-27(2,37)25(16-6-4-3-5-15(16)13-7-8-13)39-26-24(36)22(23(35)20(12-34)38-26)33-11-19(31-32-33)14-9-17(28)21(30)18(29)10-14/h3-6,9-11,13,20,22-26,34-37H,7-8,12H2,1-2H3/t20-,22+,23+,24-,25+,26+/m1/s1. The maximum Gasteiger partial charge on any atom is 0.194 e. The van der Waals surface area contributed by atoms with Crippen LogP contribution in [0, 0.1) is 17.5 Å². The van der Waals surface area contributed by atoms with Gasteiger partial charge in [-0.05, 0) is 55.9 Å². The minimum atomic E-state index is -1.61. The van der Waals surface area contributed by atoms with Crippen molar-refractivity contribution in [1.29, 1.82) is 0 Å². The lowest BCUT2D eigenvalue weighted by molar-refractivity contribution is -0.179. The summed E-state index contributed by atoms with van der Waals surface area (Å²) in [6.07, 6.45) is -0.536. The molecule has 6 atom stereocenters. The van der Waals surface area contributed by atoms with Gasteiger partial charge in [0.2, 0.25) is 0 Å². The van der Waals surface area contributed by atoms with Crippen LogP contribution in [0.2, 0.25) is 0 Å². The summed E-state index contributed by atoms with van der Waals surface area (Å²) in [4.78, 5) is 0. The van der Waals surface area contributed by atoms with E-state index in [-0.39, 0.29) is 11.3 Å². The topological polar surface area (TPSA) is 121 Å². The summed E-state index contributed by atoms with van der Waals surface area (Å²) in [5.74, 6) is -4.01. The Morgan fingerprint density at radius 3 is 2.38 bits per heavy atom. The van der Waals surface area contributed by atoms with Crippen molar-refractivity contribution in [1.82, 2.24) is 15.0 Å². The summed E-state index contributed by atoms with van der Waals surface area (Å²) in [5.41, 5.74) is -0.297. The van der Waals surface area contributed by atoms with Crippen LogP contribution in [-0.4, -0.2) is 71.4 Å². The molecule has 1 saturated carbocycles. The Kier molecular flexibility index (Phi) is 7.79. The third-order valence-electron chi connectivity index (χ3n) is 7.15. The van der Waals surface area contributed by atoms with E-state index in [1.54, 1.807) is 13.8 Å². The van der Waals surface area contributed by atoms with Crippen LogP contribution in [0.1, 0.15) is 55.0 Å². The van der Waals surface area contributed by atoms with Crippen LogP contribution in [0.5, 0.6) is 0 Å². The first-order valence-electron chi connectivity index (χ1n) is 12.7. The highest BCUT2D eigenvalue weighted by molar-refractivity contribution is 8.00. The Morgan fingerprint density at radius 1 is 1.10 bits per heavy atom. The lowest BCUT2D eigenvalue weighted by Crippen LogP contribution is -2.55. The van der Waals surface area contributed by atoms with E-state index >= 15 is 0 Å². The van der Waals surface area contributed by atoms with Crippen molar-refractivity contribution < 1.29 is 38.3 Å². The summed E-state index contributed by atoms with van der Waals surface area (Å²) < 4.78 is 48.0. The number of aliphatic hydroxyl groups is 4. The van der Waals surface area contributed by atoms with Gasteiger partial charge in [0.25, 0.3) is 0 Å². The number of rotatable bonds is 8. The number of aromatic nitrogens is 3. The molecule has 0 radical (unpaired) electrons. The summed E-state index contributed by atoms with van der Waals surface area (Å²) in [6.45, 7) is 2.78. The quantitative estimate of drug-likeness (QED) is 0.307. The molecule has 4 N–H and O–H groups in total. The van der Waals surface area contributed by atoms with Crippen LogP contribution in [0.4, 0.5) is 13.2 Å². The molecule has 12 heteroatoms. The first-order chi connectivity index (χ1) is 18.5. The zero-order chi connectivity index (χ0) is 28.1. The van der Waals surface area contributed by atoms with Gasteiger partial charge in [-0.15, -0.1) is 16.9 Å². The van der Waals surface area contributed by atoms with Crippen LogP contribution in [0.3, 0.4) is 0 Å². The second-order valence-electron chi connectivity index (χ2n) is 10.6. The van der Waals surface area contributed by atoms with Gasteiger partial charge in [-0.3, -0.25) is 0 Å². The van der Waals surface area contributed by atoms with Crippen molar-refractivity contribution in [2.24, 2.45) is 0 Å². The predicted molar refractivity (Wildman–Crippen MR) is 137 cm³/mol. The largest absolute Gasteiger partial charge is 0.394 e. The first-order valence-corrected chi connectivity index (χ1v) is 13.6. The van der Waals surface area contributed by atoms with Crippen molar-refractivity contribution in [3.63, 3.8) is 0 Å². The molecule has 2 heterocycles. The van der Waals surface area contributed by atoms with Gasteiger partial charge in [0.1, 0.15) is 35.5 Å². The van der Waals surface area contributed by atoms with Gasteiger partial charge in [0, 0.05) is 5.56 Å². The van der Waals surface area contributed by atoms with E-state index in [0.29, 0.717) is 5.92 Å². The molecule has 2 aromatic carbocycles. The van der Waals surface area contributed by atoms with E-state index in [9.17, 15) is 33.6 Å². The highest BCUT2D eigenvalue weighted by Crippen LogP contribution is 2.50. The number of hydrogen-bond donors (Lipinski definition) is 4. The summed E-state index contributed by atoms with van der Waals surface area (Å²) in [6, 6.07) is 8.19. The Balaban J connectivity index is 1.46. The Hall–Kier alpha value is -2.48. The van der Waals surface area contributed by atoms with E-state index < -0.39 is 64.7 Å². The van der Waals surface area contributed by atoms with Gasteiger partial charge in [0.15, 0.2) is 17.5 Å². The summed E-state index contributed by atoms with van der Waals surface area (Å²) >= 11 is 1.17. The molecule has 1 aromatic heterocycles. The smallest absolute Gasteiger partial charge is 0.194 e. The lowest BCUT2D eigenvalue weighted by atomic mass is 9.92. The maximum atomic E-state index is 13.8. The third-order valence-corrected chi connectivity index (χ3v) is 8.91. The fourth-order valence-electron chi connectivity index (χ4n) is 5.02. The molecule has 2 aliphatic rings. The first kappa shape index (κ1) is 28.1. The molecule has 1 aliphatic carbocycles. The molecule has 1 saturated heterocycles. The molecule has 0 unspecified atom stereocenters. The van der Waals surface area contributed by atoms with Crippen LogP contribution in [0.25, 0.3) is 11.3 Å². The number of ether oxygens (including phenoxy) is 1. The molecule has 2 fully saturated rings. The number of benzene rings is 2. The van der Waals surface area contributed by atoms with Crippen LogP contribution in [-0.2, 0) is 4.74 Å². The van der Waals surface area contributed by atoms with Gasteiger partial charge >= 0.3 is 0 Å². The molecular weight excluding hydrogens is 535 g/mol. The van der Waals surface area contributed by atoms with Gasteiger partial charge in [-0.1, -0.05) is 29.5 Å². The SMILES string of the molecule is CC(C)(O)[C@@H](S[C@@H]1O[C@H](CO)[C@H](O)[C@H](n2cc(-c3cc(F)c(F)c(F)c3)nn2)[C@H]1O)c1ccccc1C1CC1. The normalized spacial score (nSPS) is 26.5. The maximum absolute atomic E-state index is 13.8. The van der Waals surface area contributed by atoms with E-state index in [1.165, 1.54) is 18.0 Å². The van der Waals surface area contributed by atoms with Gasteiger partial charge in [0.05, 0.1) is 23.7 Å². The molecule has 1 aliphatic heterocycles. The monoisotopic (exact) mass is 565 g/mol. The van der Waals surface area contributed by atoms with E-state index in [2.05, 4.69) is 10.3 Å². The minimum Gasteiger partial charge on any atom is -0.394 e. The van der Waals surface area contributed by atoms with Crippen molar-refractivity contribution in [3.8, 4) is 11.3 Å². The number of nitrogens with zero attached hydrogens (tertiary/aromatic N) is 3. The zero-order valence-electron chi connectivity index (χ0n) is 21.3. The van der Waals surface area contributed by atoms with Crippen LogP contribution >= 0.6 is 11.8 Å². The Bertz CT molecular complexity index is 1310. The van der Waals surface area contributed by atoms with E-state index in [0.717, 1.165) is 40.8 Å². The third kappa shape index (κ3) is 5.59. The molecule has 0 amide bonds. The van der Waals surface area contributed by atoms with Gasteiger partial charge in [-0.25, -0.2) is 17.9 Å². The average molecular weight is 566 g/mol. The lowest BCUT2D eigenvalue weighted by Gasteiger charge is -2.44. The molecule has 0 spiro atoms. The fraction of sp³-hybridized carbons (Fsp3) is 0.481.